The summed E-state index contributed by atoms with van der Waals surface area (Å²) >= 11 is 3.42. The minimum atomic E-state index is -0.722. The number of nitrogens with one attached hydrogen (secondary N) is 1. The van der Waals surface area contributed by atoms with Gasteiger partial charge >= 0.3 is 0 Å². The average Bonchev–Trinajstić information content (AvgIpc) is 3.34. The zero-order chi connectivity index (χ0) is 17.9. The van der Waals surface area contributed by atoms with E-state index in [4.69, 9.17) is 9.25 Å². The molecule has 0 spiro atoms. The van der Waals surface area contributed by atoms with Crippen LogP contribution in [-0.4, -0.2) is 27.7 Å². The van der Waals surface area contributed by atoms with E-state index in [9.17, 15) is 4.79 Å². The Kier molecular flexibility index (Phi) is 4.49. The number of carbonyl (C=O) groups is 1. The number of rotatable bonds is 4. The Balaban J connectivity index is 1.43. The molecule has 8 heteroatoms. The topological polar surface area (TPSA) is 89.6 Å². The molecule has 1 aliphatic rings. The number of aromatic nitrogens is 2. The average molecular weight is 413 g/mol. The van der Waals surface area contributed by atoms with E-state index in [1.807, 2.05) is 24.3 Å². The summed E-state index contributed by atoms with van der Waals surface area (Å²) < 4.78 is 6.24. The second-order valence-corrected chi connectivity index (χ2v) is 6.49. The highest BCUT2D eigenvalue weighted by Gasteiger charge is 2.29. The molecular formula is C18H13BrN4O3. The van der Waals surface area contributed by atoms with Crippen LogP contribution in [0.3, 0.4) is 0 Å². The van der Waals surface area contributed by atoms with Crippen LogP contribution in [0.25, 0.3) is 11.5 Å². The Labute approximate surface area is 157 Å². The van der Waals surface area contributed by atoms with Gasteiger partial charge in [0.15, 0.2) is 5.76 Å². The van der Waals surface area contributed by atoms with Gasteiger partial charge in [-0.3, -0.25) is 10.1 Å². The minimum absolute atomic E-state index is 0.184. The first-order valence-electron chi connectivity index (χ1n) is 7.85. The molecule has 26 heavy (non-hydrogen) atoms. The van der Waals surface area contributed by atoms with E-state index in [-0.39, 0.29) is 11.9 Å². The number of hydrogen-bond acceptors (Lipinski definition) is 6. The fourth-order valence-electron chi connectivity index (χ4n) is 2.53. The number of oxime groups is 1. The number of benzene rings is 1. The normalized spacial score (nSPS) is 16.0. The summed E-state index contributed by atoms with van der Waals surface area (Å²) in [4.78, 5) is 26.1. The van der Waals surface area contributed by atoms with Gasteiger partial charge < -0.3 is 9.25 Å². The van der Waals surface area contributed by atoms with Gasteiger partial charge in [0.25, 0.3) is 5.91 Å². The van der Waals surface area contributed by atoms with Crippen molar-refractivity contribution in [3.05, 3.63) is 65.0 Å². The minimum Gasteiger partial charge on any atom is -0.463 e. The third-order valence-corrected chi connectivity index (χ3v) is 4.28. The SMILES string of the molecule is O=C(Nc1nccc(-c2ccco2)n1)C1CC(c2cccc(Br)c2)=NO1. The van der Waals surface area contributed by atoms with Crippen LogP contribution >= 0.6 is 15.9 Å². The van der Waals surface area contributed by atoms with Gasteiger partial charge in [0, 0.05) is 22.7 Å². The van der Waals surface area contributed by atoms with E-state index in [1.54, 1.807) is 30.7 Å². The third-order valence-electron chi connectivity index (χ3n) is 3.78. The standard InChI is InChI=1S/C18H13BrN4O3/c19-12-4-1-3-11(9-12)14-10-16(26-23-14)17(24)22-18-20-7-6-13(21-18)15-5-2-8-25-15/h1-9,16H,10H2,(H,20,21,22,24). The second-order valence-electron chi connectivity index (χ2n) is 5.58. The first-order valence-corrected chi connectivity index (χ1v) is 8.65. The number of hydrogen-bond donors (Lipinski definition) is 1. The lowest BCUT2D eigenvalue weighted by Gasteiger charge is -2.08. The fraction of sp³-hybridized carbons (Fsp3) is 0.111. The van der Waals surface area contributed by atoms with E-state index < -0.39 is 6.10 Å². The lowest BCUT2D eigenvalue weighted by atomic mass is 10.0. The molecule has 1 atom stereocenters. The molecule has 0 saturated carbocycles. The largest absolute Gasteiger partial charge is 0.463 e. The molecule has 3 aromatic rings. The molecule has 0 bridgehead atoms. The van der Waals surface area contributed by atoms with Gasteiger partial charge in [0.1, 0.15) is 5.69 Å². The Morgan fingerprint density at radius 1 is 1.23 bits per heavy atom. The van der Waals surface area contributed by atoms with Crippen LogP contribution in [-0.2, 0) is 9.63 Å². The molecule has 0 radical (unpaired) electrons. The summed E-state index contributed by atoms with van der Waals surface area (Å²) in [5.41, 5.74) is 2.21. The highest BCUT2D eigenvalue weighted by molar-refractivity contribution is 9.10. The Hall–Kier alpha value is -3.00. The number of carbonyl (C=O) groups excluding carboxylic acids is 1. The smallest absolute Gasteiger partial charge is 0.271 e. The van der Waals surface area contributed by atoms with Gasteiger partial charge in [-0.25, -0.2) is 9.97 Å². The van der Waals surface area contributed by atoms with E-state index in [2.05, 4.69) is 36.4 Å². The molecule has 1 aromatic carbocycles. The Bertz CT molecular complexity index is 972. The van der Waals surface area contributed by atoms with Gasteiger partial charge in [-0.15, -0.1) is 0 Å². The summed E-state index contributed by atoms with van der Waals surface area (Å²) in [6.07, 6.45) is 2.77. The van der Waals surface area contributed by atoms with Crippen LogP contribution in [0, 0.1) is 0 Å². The highest BCUT2D eigenvalue weighted by atomic mass is 79.9. The number of furan rings is 1. The number of nitrogens with zero attached hydrogens (tertiary/aromatic N) is 3. The molecule has 1 N–H and O–H groups in total. The third kappa shape index (κ3) is 3.50. The fourth-order valence-corrected chi connectivity index (χ4v) is 2.93. The van der Waals surface area contributed by atoms with Crippen molar-refractivity contribution in [2.75, 3.05) is 5.32 Å². The Morgan fingerprint density at radius 2 is 2.15 bits per heavy atom. The van der Waals surface area contributed by atoms with Gasteiger partial charge in [-0.05, 0) is 30.3 Å². The van der Waals surface area contributed by atoms with Crippen molar-refractivity contribution in [3.8, 4) is 11.5 Å². The highest BCUT2D eigenvalue weighted by Crippen LogP contribution is 2.21. The van der Waals surface area contributed by atoms with E-state index in [0.717, 1.165) is 15.7 Å². The maximum Gasteiger partial charge on any atom is 0.271 e. The van der Waals surface area contributed by atoms with Crippen molar-refractivity contribution in [1.82, 2.24) is 9.97 Å². The summed E-state index contributed by atoms with van der Waals surface area (Å²) in [7, 11) is 0. The van der Waals surface area contributed by atoms with Crippen LogP contribution in [0.5, 0.6) is 0 Å². The van der Waals surface area contributed by atoms with Crippen molar-refractivity contribution in [2.24, 2.45) is 5.16 Å². The van der Waals surface area contributed by atoms with Crippen LogP contribution in [0.1, 0.15) is 12.0 Å². The van der Waals surface area contributed by atoms with Gasteiger partial charge in [-0.1, -0.05) is 33.2 Å². The maximum atomic E-state index is 12.4. The van der Waals surface area contributed by atoms with E-state index in [1.165, 1.54) is 0 Å². The summed E-state index contributed by atoms with van der Waals surface area (Å²) in [5.74, 6) is 0.430. The zero-order valence-corrected chi connectivity index (χ0v) is 15.0. The van der Waals surface area contributed by atoms with Crippen LogP contribution in [0.15, 0.2) is 69.0 Å². The molecule has 0 saturated heterocycles. The van der Waals surface area contributed by atoms with Crippen LogP contribution < -0.4 is 5.32 Å². The van der Waals surface area contributed by atoms with Crippen molar-refractivity contribution in [2.45, 2.75) is 12.5 Å². The first-order chi connectivity index (χ1) is 12.7. The Morgan fingerprint density at radius 3 is 2.96 bits per heavy atom. The summed E-state index contributed by atoms with van der Waals surface area (Å²) in [6, 6.07) is 12.9. The molecule has 1 amide bonds. The van der Waals surface area contributed by atoms with Crippen molar-refractivity contribution >= 4 is 33.5 Å². The summed E-state index contributed by atoms with van der Waals surface area (Å²) in [6.45, 7) is 0. The van der Waals surface area contributed by atoms with Crippen molar-refractivity contribution < 1.29 is 14.0 Å². The summed E-state index contributed by atoms with van der Waals surface area (Å²) in [5, 5.41) is 6.69. The molecule has 130 valence electrons. The molecule has 4 rings (SSSR count). The molecule has 1 aliphatic heterocycles. The van der Waals surface area contributed by atoms with Crippen molar-refractivity contribution in [3.63, 3.8) is 0 Å². The molecule has 0 aliphatic carbocycles. The monoisotopic (exact) mass is 412 g/mol. The lowest BCUT2D eigenvalue weighted by Crippen LogP contribution is -2.28. The van der Waals surface area contributed by atoms with Gasteiger partial charge in [0.2, 0.25) is 12.1 Å². The van der Waals surface area contributed by atoms with Crippen molar-refractivity contribution in [1.29, 1.82) is 0 Å². The van der Waals surface area contributed by atoms with Crippen LogP contribution in [0.2, 0.25) is 0 Å². The first kappa shape index (κ1) is 16.5. The van der Waals surface area contributed by atoms with E-state index >= 15 is 0 Å². The molecule has 1 unspecified atom stereocenters. The van der Waals surface area contributed by atoms with Gasteiger partial charge in [-0.2, -0.15) is 0 Å². The maximum absolute atomic E-state index is 12.4. The zero-order valence-electron chi connectivity index (χ0n) is 13.4. The molecule has 7 nitrogen and oxygen atoms in total. The number of halogens is 1. The predicted molar refractivity (Wildman–Crippen MR) is 98.5 cm³/mol. The predicted octanol–water partition coefficient (Wildman–Crippen LogP) is 3.63. The molecular weight excluding hydrogens is 400 g/mol. The van der Waals surface area contributed by atoms with E-state index in [0.29, 0.717) is 17.9 Å². The second kappa shape index (κ2) is 7.09. The van der Waals surface area contributed by atoms with Crippen LogP contribution in [0.4, 0.5) is 5.95 Å². The lowest BCUT2D eigenvalue weighted by molar-refractivity contribution is -0.125. The quantitative estimate of drug-likeness (QED) is 0.706. The van der Waals surface area contributed by atoms with Gasteiger partial charge in [0.05, 0.1) is 12.0 Å². The molecule has 0 fully saturated rings. The molecule has 2 aromatic heterocycles. The number of anilines is 1. The number of amides is 1. The molecule has 3 heterocycles.